The number of carboxylic acids is 1. The van der Waals surface area contributed by atoms with Crippen molar-refractivity contribution in [2.75, 3.05) is 0 Å². The largest absolute Gasteiger partial charge is 0.481 e. The molecule has 0 amide bonds. The van der Waals surface area contributed by atoms with Gasteiger partial charge < -0.3 is 5.11 Å². The van der Waals surface area contributed by atoms with Crippen molar-refractivity contribution in [1.82, 2.24) is 0 Å². The first kappa shape index (κ1) is 11.1. The molecule has 1 fully saturated rings. The zero-order valence-electron chi connectivity index (χ0n) is 8.11. The summed E-state index contributed by atoms with van der Waals surface area (Å²) in [6, 6.07) is 3.66. The van der Waals surface area contributed by atoms with Gasteiger partial charge in [-0.15, -0.1) is 0 Å². The molecule has 0 unspecified atom stereocenters. The van der Waals surface area contributed by atoms with Crippen LogP contribution in [0.3, 0.4) is 0 Å². The second kappa shape index (κ2) is 3.87. The van der Waals surface area contributed by atoms with Crippen molar-refractivity contribution in [1.29, 1.82) is 0 Å². The lowest BCUT2D eigenvalue weighted by Crippen LogP contribution is -2.08. The minimum atomic E-state index is -0.966. The van der Waals surface area contributed by atoms with Gasteiger partial charge in [-0.25, -0.2) is 4.39 Å². The number of carbonyl (C=O) groups is 2. The Kier molecular flexibility index (Phi) is 2.68. The fourth-order valence-corrected chi connectivity index (χ4v) is 1.80. The first-order valence-corrected chi connectivity index (χ1v) is 5.10. The molecule has 5 heteroatoms. The van der Waals surface area contributed by atoms with E-state index in [0.29, 0.717) is 6.42 Å². The molecular weight excluding hydrogens is 235 g/mol. The van der Waals surface area contributed by atoms with Crippen LogP contribution in [0, 0.1) is 17.7 Å². The number of carboxylic acid groups (broad SMARTS) is 1. The molecule has 2 atom stereocenters. The van der Waals surface area contributed by atoms with Crippen LogP contribution in [-0.2, 0) is 4.79 Å². The van der Waals surface area contributed by atoms with Gasteiger partial charge in [0.2, 0.25) is 0 Å². The van der Waals surface area contributed by atoms with E-state index in [1.807, 2.05) is 0 Å². The van der Waals surface area contributed by atoms with Crippen molar-refractivity contribution in [2.45, 2.75) is 6.42 Å². The molecule has 1 aromatic rings. The van der Waals surface area contributed by atoms with Crippen LogP contribution in [0.1, 0.15) is 16.8 Å². The number of rotatable bonds is 3. The van der Waals surface area contributed by atoms with E-state index in [0.717, 1.165) is 6.07 Å². The number of carbonyl (C=O) groups excluding carboxylic acids is 1. The molecule has 0 aliphatic heterocycles. The maximum absolute atomic E-state index is 12.8. The van der Waals surface area contributed by atoms with Gasteiger partial charge >= 0.3 is 5.97 Å². The number of aliphatic carboxylic acids is 1. The second-order valence-corrected chi connectivity index (χ2v) is 4.19. The zero-order chi connectivity index (χ0) is 11.9. The summed E-state index contributed by atoms with van der Waals surface area (Å²) in [6.07, 6.45) is 0.350. The third-order valence-electron chi connectivity index (χ3n) is 2.65. The highest BCUT2D eigenvalue weighted by atomic mass is 35.5. The van der Waals surface area contributed by atoms with Gasteiger partial charge in [0.15, 0.2) is 5.78 Å². The molecule has 1 aliphatic carbocycles. The van der Waals surface area contributed by atoms with Gasteiger partial charge in [-0.2, -0.15) is 0 Å². The number of benzene rings is 1. The van der Waals surface area contributed by atoms with Gasteiger partial charge in [0.05, 0.1) is 10.9 Å². The molecule has 3 nitrogen and oxygen atoms in total. The van der Waals surface area contributed by atoms with Crippen LogP contribution >= 0.6 is 11.6 Å². The molecule has 0 aromatic heterocycles. The number of hydrogen-bond donors (Lipinski definition) is 1. The summed E-state index contributed by atoms with van der Waals surface area (Å²) >= 11 is 5.54. The van der Waals surface area contributed by atoms with E-state index in [4.69, 9.17) is 16.7 Å². The van der Waals surface area contributed by atoms with Gasteiger partial charge in [-0.05, 0) is 24.6 Å². The fraction of sp³-hybridized carbons (Fsp3) is 0.273. The third-order valence-corrected chi connectivity index (χ3v) is 2.94. The normalized spacial score (nSPS) is 22.9. The zero-order valence-corrected chi connectivity index (χ0v) is 8.87. The summed E-state index contributed by atoms with van der Waals surface area (Å²) in [7, 11) is 0. The summed E-state index contributed by atoms with van der Waals surface area (Å²) in [4.78, 5) is 22.3. The van der Waals surface area contributed by atoms with E-state index in [2.05, 4.69) is 0 Å². The molecule has 0 radical (unpaired) electrons. The summed E-state index contributed by atoms with van der Waals surface area (Å²) in [6.45, 7) is 0. The van der Waals surface area contributed by atoms with Crippen LogP contribution in [0.25, 0.3) is 0 Å². The van der Waals surface area contributed by atoms with Crippen molar-refractivity contribution < 1.29 is 19.1 Å². The highest BCUT2D eigenvalue weighted by Crippen LogP contribution is 2.41. The minimum Gasteiger partial charge on any atom is -0.481 e. The molecule has 0 bridgehead atoms. The van der Waals surface area contributed by atoms with E-state index >= 15 is 0 Å². The predicted octanol–water partition coefficient (Wildman–Crippen LogP) is 2.38. The smallest absolute Gasteiger partial charge is 0.307 e. The SMILES string of the molecule is O=C(O)[C@H]1C[C@@H]1C(=O)c1ccc(F)c(Cl)c1. The Bertz CT molecular complexity index is 472. The highest BCUT2D eigenvalue weighted by molar-refractivity contribution is 6.31. The molecule has 84 valence electrons. The number of hydrogen-bond acceptors (Lipinski definition) is 2. The average molecular weight is 243 g/mol. The molecule has 0 heterocycles. The maximum Gasteiger partial charge on any atom is 0.307 e. The summed E-state index contributed by atoms with van der Waals surface area (Å²) in [5.41, 5.74) is 0.264. The molecular formula is C11H8ClFO3. The Morgan fingerprint density at radius 2 is 2.06 bits per heavy atom. The van der Waals surface area contributed by atoms with Crippen LogP contribution in [0.15, 0.2) is 18.2 Å². The summed E-state index contributed by atoms with van der Waals surface area (Å²) < 4.78 is 12.8. The quantitative estimate of drug-likeness (QED) is 0.828. The molecule has 1 saturated carbocycles. The second-order valence-electron chi connectivity index (χ2n) is 3.78. The molecule has 16 heavy (non-hydrogen) atoms. The van der Waals surface area contributed by atoms with E-state index < -0.39 is 23.6 Å². The van der Waals surface area contributed by atoms with Crippen molar-refractivity contribution in [3.8, 4) is 0 Å². The Balaban J connectivity index is 2.17. The van der Waals surface area contributed by atoms with Crippen LogP contribution in [-0.4, -0.2) is 16.9 Å². The molecule has 2 rings (SSSR count). The van der Waals surface area contributed by atoms with E-state index in [9.17, 15) is 14.0 Å². The molecule has 1 N–H and O–H groups in total. The molecule has 1 aromatic carbocycles. The fourth-order valence-electron chi connectivity index (χ4n) is 1.62. The highest BCUT2D eigenvalue weighted by Gasteiger charge is 2.48. The van der Waals surface area contributed by atoms with Crippen molar-refractivity contribution in [2.24, 2.45) is 11.8 Å². The van der Waals surface area contributed by atoms with Gasteiger partial charge in [-0.3, -0.25) is 9.59 Å². The Hall–Kier alpha value is -1.42. The van der Waals surface area contributed by atoms with E-state index in [1.54, 1.807) is 0 Å². The average Bonchev–Trinajstić information content (AvgIpc) is 3.01. The number of ketones is 1. The van der Waals surface area contributed by atoms with E-state index in [1.165, 1.54) is 12.1 Å². The predicted molar refractivity (Wildman–Crippen MR) is 55.0 cm³/mol. The Morgan fingerprint density at radius 1 is 1.38 bits per heavy atom. The summed E-state index contributed by atoms with van der Waals surface area (Å²) in [5.74, 6) is -2.93. The lowest BCUT2D eigenvalue weighted by Gasteiger charge is -2.00. The maximum atomic E-state index is 12.8. The van der Waals surface area contributed by atoms with Gasteiger partial charge in [-0.1, -0.05) is 11.6 Å². The van der Waals surface area contributed by atoms with Crippen LogP contribution < -0.4 is 0 Å². The number of Topliss-reactive ketones (excluding diaryl/α,β-unsaturated/α-hetero) is 1. The Labute approximate surface area is 95.8 Å². The minimum absolute atomic E-state index is 0.127. The lowest BCUT2D eigenvalue weighted by molar-refractivity contribution is -0.138. The molecule has 0 saturated heterocycles. The molecule has 1 aliphatic rings. The number of halogens is 2. The van der Waals surface area contributed by atoms with Gasteiger partial charge in [0.1, 0.15) is 5.82 Å². The van der Waals surface area contributed by atoms with Crippen molar-refractivity contribution in [3.05, 3.63) is 34.6 Å². The van der Waals surface area contributed by atoms with Crippen LogP contribution in [0.4, 0.5) is 4.39 Å². The first-order chi connectivity index (χ1) is 7.50. The van der Waals surface area contributed by atoms with Crippen LogP contribution in [0.5, 0.6) is 0 Å². The lowest BCUT2D eigenvalue weighted by atomic mass is 10.1. The molecule has 0 spiro atoms. The monoisotopic (exact) mass is 242 g/mol. The third kappa shape index (κ3) is 1.93. The van der Waals surface area contributed by atoms with Crippen molar-refractivity contribution in [3.63, 3.8) is 0 Å². The van der Waals surface area contributed by atoms with Crippen molar-refractivity contribution >= 4 is 23.4 Å². The summed E-state index contributed by atoms with van der Waals surface area (Å²) in [5, 5.41) is 8.55. The topological polar surface area (TPSA) is 54.4 Å². The van der Waals surface area contributed by atoms with Gasteiger partial charge in [0, 0.05) is 11.5 Å². The van der Waals surface area contributed by atoms with Crippen LogP contribution in [0.2, 0.25) is 5.02 Å². The van der Waals surface area contributed by atoms with E-state index in [-0.39, 0.29) is 16.4 Å². The van der Waals surface area contributed by atoms with Gasteiger partial charge in [0.25, 0.3) is 0 Å². The first-order valence-electron chi connectivity index (χ1n) is 4.73. The Morgan fingerprint density at radius 3 is 2.56 bits per heavy atom. The standard InChI is InChI=1S/C11H8ClFO3/c12-8-3-5(1-2-9(8)13)10(14)6-4-7(6)11(15)16/h1-3,6-7H,4H2,(H,15,16)/t6-,7-/m0/s1.